The highest BCUT2D eigenvalue weighted by Crippen LogP contribution is 2.05. The average molecular weight is 154 g/mol. The molecule has 0 bridgehead atoms. The van der Waals surface area contributed by atoms with Gasteiger partial charge in [-0.2, -0.15) is 11.8 Å². The zero-order chi connectivity index (χ0) is 7.40. The average Bonchev–Trinajstić information content (AvgIpc) is 1.95. The number of hydrogen-bond acceptors (Lipinski definition) is 1. The summed E-state index contributed by atoms with van der Waals surface area (Å²) in [5.74, 6) is 1.11. The Labute approximate surface area is 66.1 Å². The molecule has 0 atom stereocenters. The van der Waals surface area contributed by atoms with Crippen LogP contribution in [-0.2, 0) is 12.8 Å². The highest BCUT2D eigenvalue weighted by Gasteiger charge is 1.92. The van der Waals surface area contributed by atoms with Gasteiger partial charge in [-0.15, -0.1) is 0 Å². The van der Waals surface area contributed by atoms with Crippen molar-refractivity contribution in [3.05, 3.63) is 30.1 Å². The first-order valence-corrected chi connectivity index (χ1v) is 4.65. The van der Waals surface area contributed by atoms with Crippen LogP contribution in [-0.4, -0.2) is 6.26 Å². The van der Waals surface area contributed by atoms with Gasteiger partial charge in [0.05, 0.1) is 0 Å². The van der Waals surface area contributed by atoms with E-state index in [1.54, 1.807) is 0 Å². The first-order valence-electron chi connectivity index (χ1n) is 3.26. The van der Waals surface area contributed by atoms with E-state index in [0.717, 1.165) is 5.75 Å². The Kier molecular flexibility index (Phi) is 2.75. The van der Waals surface area contributed by atoms with E-state index in [2.05, 4.69) is 30.8 Å². The van der Waals surface area contributed by atoms with Gasteiger partial charge in [0.1, 0.15) is 7.05 Å². The van der Waals surface area contributed by atoms with Crippen molar-refractivity contribution in [3.8, 4) is 0 Å². The minimum absolute atomic E-state index is 1.11. The minimum atomic E-state index is 1.11. The van der Waals surface area contributed by atoms with Gasteiger partial charge in [-0.25, -0.2) is 4.57 Å². The molecule has 1 aromatic rings. The molecule has 2 heteroatoms. The lowest BCUT2D eigenvalue weighted by atomic mass is 10.3. The summed E-state index contributed by atoms with van der Waals surface area (Å²) in [5.41, 5.74) is 1.39. The zero-order valence-corrected chi connectivity index (χ0v) is 7.19. The van der Waals surface area contributed by atoms with E-state index < -0.39 is 0 Å². The molecule has 0 unspecified atom stereocenters. The van der Waals surface area contributed by atoms with Crippen molar-refractivity contribution < 1.29 is 4.57 Å². The molecular formula is C8H12NS+. The molecule has 0 fully saturated rings. The molecule has 0 saturated heterocycles. The molecule has 0 aliphatic heterocycles. The molecule has 0 aliphatic rings. The van der Waals surface area contributed by atoms with Gasteiger partial charge in [-0.3, -0.25) is 0 Å². The maximum Gasteiger partial charge on any atom is 0.168 e. The Balaban J connectivity index is 2.69. The Morgan fingerprint density at radius 3 is 2.50 bits per heavy atom. The van der Waals surface area contributed by atoms with Gasteiger partial charge in [0.15, 0.2) is 12.4 Å². The number of aryl methyl sites for hydroxylation is 1. The fourth-order valence-corrected chi connectivity index (χ4v) is 1.32. The highest BCUT2D eigenvalue weighted by molar-refractivity contribution is 7.97. The van der Waals surface area contributed by atoms with Crippen LogP contribution in [0.2, 0.25) is 0 Å². The third-order valence-corrected chi connectivity index (χ3v) is 1.98. The Bertz CT molecular complexity index is 193. The Hall–Kier alpha value is -0.500. The van der Waals surface area contributed by atoms with Gasteiger partial charge in [0.2, 0.25) is 0 Å². The summed E-state index contributed by atoms with van der Waals surface area (Å²) in [6.07, 6.45) is 6.27. The maximum absolute atomic E-state index is 2.15. The molecule has 0 spiro atoms. The van der Waals surface area contributed by atoms with Crippen LogP contribution in [0.15, 0.2) is 24.5 Å². The smallest absolute Gasteiger partial charge is 0.168 e. The van der Waals surface area contributed by atoms with E-state index in [1.807, 2.05) is 23.4 Å². The highest BCUT2D eigenvalue weighted by atomic mass is 32.2. The Morgan fingerprint density at radius 2 is 2.00 bits per heavy atom. The number of pyridine rings is 1. The monoisotopic (exact) mass is 154 g/mol. The molecule has 1 aromatic heterocycles. The van der Waals surface area contributed by atoms with E-state index in [0.29, 0.717) is 0 Å². The maximum atomic E-state index is 2.15. The van der Waals surface area contributed by atoms with Crippen molar-refractivity contribution in [3.63, 3.8) is 0 Å². The van der Waals surface area contributed by atoms with Crippen LogP contribution >= 0.6 is 11.8 Å². The van der Waals surface area contributed by atoms with Crippen LogP contribution in [0.1, 0.15) is 5.56 Å². The summed E-state index contributed by atoms with van der Waals surface area (Å²) in [6, 6.07) is 4.30. The summed E-state index contributed by atoms with van der Waals surface area (Å²) < 4.78 is 2.05. The minimum Gasteiger partial charge on any atom is -0.208 e. The van der Waals surface area contributed by atoms with Crippen LogP contribution < -0.4 is 4.57 Å². The second-order valence-electron chi connectivity index (χ2n) is 2.30. The molecule has 54 valence electrons. The largest absolute Gasteiger partial charge is 0.208 e. The van der Waals surface area contributed by atoms with Gasteiger partial charge in [0.25, 0.3) is 0 Å². The normalized spacial score (nSPS) is 9.80. The zero-order valence-electron chi connectivity index (χ0n) is 6.37. The van der Waals surface area contributed by atoms with Crippen molar-refractivity contribution in [1.82, 2.24) is 0 Å². The molecule has 1 heterocycles. The standard InChI is InChI=1S/C8H12NS/c1-9-5-3-8(4-6-9)7-10-2/h3-6H,7H2,1-2H3/q+1. The van der Waals surface area contributed by atoms with Gasteiger partial charge < -0.3 is 0 Å². The SMILES string of the molecule is CSCc1cc[n+](C)cc1. The fraction of sp³-hybridized carbons (Fsp3) is 0.375. The number of rotatable bonds is 2. The molecule has 10 heavy (non-hydrogen) atoms. The van der Waals surface area contributed by atoms with E-state index in [9.17, 15) is 0 Å². The number of hydrogen-bond donors (Lipinski definition) is 0. The van der Waals surface area contributed by atoms with Crippen molar-refractivity contribution >= 4 is 11.8 Å². The van der Waals surface area contributed by atoms with Crippen molar-refractivity contribution in [2.24, 2.45) is 7.05 Å². The topological polar surface area (TPSA) is 3.88 Å². The number of thioether (sulfide) groups is 1. The summed E-state index contributed by atoms with van der Waals surface area (Å²) in [7, 11) is 2.03. The van der Waals surface area contributed by atoms with Crippen LogP contribution in [0.4, 0.5) is 0 Å². The molecule has 0 amide bonds. The van der Waals surface area contributed by atoms with Crippen molar-refractivity contribution in [2.45, 2.75) is 5.75 Å². The lowest BCUT2D eigenvalue weighted by Gasteiger charge is -1.93. The summed E-state index contributed by atoms with van der Waals surface area (Å²) in [4.78, 5) is 0. The van der Waals surface area contributed by atoms with Gasteiger partial charge >= 0.3 is 0 Å². The number of aromatic nitrogens is 1. The summed E-state index contributed by atoms with van der Waals surface area (Å²) >= 11 is 1.85. The predicted molar refractivity (Wildman–Crippen MR) is 44.8 cm³/mol. The molecule has 0 N–H and O–H groups in total. The molecule has 0 aliphatic carbocycles. The Morgan fingerprint density at radius 1 is 1.40 bits per heavy atom. The van der Waals surface area contributed by atoms with E-state index in [4.69, 9.17) is 0 Å². The van der Waals surface area contributed by atoms with Crippen LogP contribution in [0.25, 0.3) is 0 Å². The molecular weight excluding hydrogens is 142 g/mol. The molecule has 1 rings (SSSR count). The van der Waals surface area contributed by atoms with Gasteiger partial charge in [-0.05, 0) is 11.8 Å². The fourth-order valence-electron chi connectivity index (χ4n) is 0.795. The first kappa shape index (κ1) is 7.61. The lowest BCUT2D eigenvalue weighted by Crippen LogP contribution is -2.25. The van der Waals surface area contributed by atoms with Gasteiger partial charge in [0, 0.05) is 17.9 Å². The van der Waals surface area contributed by atoms with Crippen molar-refractivity contribution in [2.75, 3.05) is 6.26 Å². The van der Waals surface area contributed by atoms with Crippen LogP contribution in [0, 0.1) is 0 Å². The molecule has 0 saturated carbocycles. The second-order valence-corrected chi connectivity index (χ2v) is 3.17. The third-order valence-electron chi connectivity index (χ3n) is 1.36. The summed E-state index contributed by atoms with van der Waals surface area (Å²) in [6.45, 7) is 0. The first-order chi connectivity index (χ1) is 4.83. The number of nitrogens with zero attached hydrogens (tertiary/aromatic N) is 1. The van der Waals surface area contributed by atoms with E-state index >= 15 is 0 Å². The summed E-state index contributed by atoms with van der Waals surface area (Å²) in [5, 5.41) is 0. The predicted octanol–water partition coefficient (Wildman–Crippen LogP) is 1.37. The molecule has 0 aromatic carbocycles. The second kappa shape index (κ2) is 3.62. The molecule has 0 radical (unpaired) electrons. The van der Waals surface area contributed by atoms with Crippen LogP contribution in [0.3, 0.4) is 0 Å². The van der Waals surface area contributed by atoms with Crippen molar-refractivity contribution in [1.29, 1.82) is 0 Å². The van der Waals surface area contributed by atoms with Gasteiger partial charge in [-0.1, -0.05) is 0 Å². The quantitative estimate of drug-likeness (QED) is 0.582. The lowest BCUT2D eigenvalue weighted by molar-refractivity contribution is -0.671. The van der Waals surface area contributed by atoms with E-state index in [-0.39, 0.29) is 0 Å². The molecule has 1 nitrogen and oxygen atoms in total. The van der Waals surface area contributed by atoms with Crippen LogP contribution in [0.5, 0.6) is 0 Å². The van der Waals surface area contributed by atoms with E-state index in [1.165, 1.54) is 5.56 Å². The third kappa shape index (κ3) is 2.03.